The van der Waals surface area contributed by atoms with Crippen molar-refractivity contribution < 1.29 is 4.79 Å². The monoisotopic (exact) mass is 203 g/mol. The molecule has 0 unspecified atom stereocenters. The van der Waals surface area contributed by atoms with Crippen molar-refractivity contribution in [1.82, 2.24) is 0 Å². The molecule has 0 bridgehead atoms. The number of anilines is 1. The van der Waals surface area contributed by atoms with Gasteiger partial charge in [0.25, 0.3) is 0 Å². The summed E-state index contributed by atoms with van der Waals surface area (Å²) in [6, 6.07) is 6.82. The van der Waals surface area contributed by atoms with Crippen molar-refractivity contribution >= 4 is 12.0 Å². The lowest BCUT2D eigenvalue weighted by Gasteiger charge is -2.24. The van der Waals surface area contributed by atoms with Gasteiger partial charge in [0.05, 0.1) is 0 Å². The minimum absolute atomic E-state index is 0.540. The van der Waals surface area contributed by atoms with Crippen LogP contribution in [0.1, 0.15) is 25.0 Å². The Hall–Kier alpha value is -1.31. The summed E-state index contributed by atoms with van der Waals surface area (Å²) in [6.45, 7) is 5.51. The molecule has 1 aromatic rings. The zero-order valence-electron chi connectivity index (χ0n) is 9.36. The first-order valence-electron chi connectivity index (χ1n) is 5.55. The first-order chi connectivity index (χ1) is 7.24. The van der Waals surface area contributed by atoms with E-state index in [1.165, 1.54) is 16.8 Å². The Balaban J connectivity index is 2.38. The van der Waals surface area contributed by atoms with Crippen molar-refractivity contribution in [2.75, 3.05) is 11.4 Å². The van der Waals surface area contributed by atoms with Crippen LogP contribution in [0.15, 0.2) is 18.2 Å². The molecule has 0 radical (unpaired) electrons. The predicted octanol–water partition coefficient (Wildman–Crippen LogP) is 2.20. The van der Waals surface area contributed by atoms with Crippen molar-refractivity contribution in [3.05, 3.63) is 29.3 Å². The number of hydrogen-bond donors (Lipinski definition) is 0. The van der Waals surface area contributed by atoms with Crippen LogP contribution in [0.2, 0.25) is 0 Å². The van der Waals surface area contributed by atoms with Crippen LogP contribution in [-0.4, -0.2) is 18.9 Å². The lowest BCUT2D eigenvalue weighted by molar-refractivity contribution is -0.107. The van der Waals surface area contributed by atoms with Crippen molar-refractivity contribution in [1.29, 1.82) is 0 Å². The molecular formula is C13H17NO. The average molecular weight is 203 g/mol. The minimum atomic E-state index is 0.540. The van der Waals surface area contributed by atoms with Crippen molar-refractivity contribution in [3.63, 3.8) is 0 Å². The predicted molar refractivity (Wildman–Crippen MR) is 62.4 cm³/mol. The van der Waals surface area contributed by atoms with Gasteiger partial charge in [-0.15, -0.1) is 0 Å². The molecule has 0 saturated carbocycles. The SMILES string of the molecule is CC(C)N1CCc2c(CC=O)cccc21. The molecule has 1 aromatic carbocycles. The summed E-state index contributed by atoms with van der Waals surface area (Å²) in [4.78, 5) is 13.0. The number of carbonyl (C=O) groups is 1. The lowest BCUT2D eigenvalue weighted by atomic mass is 10.0. The van der Waals surface area contributed by atoms with E-state index in [2.05, 4.69) is 36.9 Å². The fourth-order valence-corrected chi connectivity index (χ4v) is 2.35. The quantitative estimate of drug-likeness (QED) is 0.702. The van der Waals surface area contributed by atoms with E-state index in [0.29, 0.717) is 12.5 Å². The van der Waals surface area contributed by atoms with Crippen LogP contribution in [0.3, 0.4) is 0 Å². The van der Waals surface area contributed by atoms with Crippen LogP contribution in [0, 0.1) is 0 Å². The highest BCUT2D eigenvalue weighted by Gasteiger charge is 2.22. The Labute approximate surface area is 90.9 Å². The second-order valence-electron chi connectivity index (χ2n) is 4.32. The van der Waals surface area contributed by atoms with Crippen LogP contribution in [0.25, 0.3) is 0 Å². The highest BCUT2D eigenvalue weighted by molar-refractivity contribution is 5.65. The summed E-state index contributed by atoms with van der Waals surface area (Å²) in [5.41, 5.74) is 3.90. The molecule has 0 aromatic heterocycles. The Bertz CT molecular complexity index is 371. The van der Waals surface area contributed by atoms with Crippen LogP contribution in [0.5, 0.6) is 0 Å². The Morgan fingerprint density at radius 3 is 2.93 bits per heavy atom. The molecule has 2 heteroatoms. The molecule has 0 saturated heterocycles. The number of rotatable bonds is 3. The maximum Gasteiger partial charge on any atom is 0.124 e. The Morgan fingerprint density at radius 2 is 2.27 bits per heavy atom. The third-order valence-electron chi connectivity index (χ3n) is 3.09. The number of fused-ring (bicyclic) bond motifs is 1. The molecule has 0 fully saturated rings. The highest BCUT2D eigenvalue weighted by Crippen LogP contribution is 2.32. The van der Waals surface area contributed by atoms with Crippen LogP contribution >= 0.6 is 0 Å². The molecule has 15 heavy (non-hydrogen) atoms. The van der Waals surface area contributed by atoms with Gasteiger partial charge in [0, 0.05) is 24.7 Å². The first-order valence-corrected chi connectivity index (χ1v) is 5.55. The number of carbonyl (C=O) groups excluding carboxylic acids is 1. The van der Waals surface area contributed by atoms with Crippen LogP contribution in [0.4, 0.5) is 5.69 Å². The third kappa shape index (κ3) is 1.76. The number of aldehydes is 1. The van der Waals surface area contributed by atoms with E-state index < -0.39 is 0 Å². The van der Waals surface area contributed by atoms with Gasteiger partial charge in [-0.05, 0) is 37.5 Å². The molecule has 0 N–H and O–H groups in total. The molecule has 0 atom stereocenters. The van der Waals surface area contributed by atoms with Gasteiger partial charge in [0.2, 0.25) is 0 Å². The van der Waals surface area contributed by atoms with E-state index in [1.807, 2.05) is 0 Å². The smallest absolute Gasteiger partial charge is 0.124 e. The first kappa shape index (κ1) is 10.2. The average Bonchev–Trinajstić information content (AvgIpc) is 2.62. The molecule has 2 nitrogen and oxygen atoms in total. The Morgan fingerprint density at radius 1 is 1.47 bits per heavy atom. The molecule has 0 aliphatic carbocycles. The molecule has 2 rings (SSSR count). The third-order valence-corrected chi connectivity index (χ3v) is 3.09. The fourth-order valence-electron chi connectivity index (χ4n) is 2.35. The largest absolute Gasteiger partial charge is 0.369 e. The minimum Gasteiger partial charge on any atom is -0.369 e. The molecule has 1 aliphatic heterocycles. The van der Waals surface area contributed by atoms with Gasteiger partial charge in [0.15, 0.2) is 0 Å². The van der Waals surface area contributed by atoms with E-state index in [9.17, 15) is 4.79 Å². The summed E-state index contributed by atoms with van der Waals surface area (Å²) < 4.78 is 0. The molecule has 1 aliphatic rings. The van der Waals surface area contributed by atoms with Gasteiger partial charge < -0.3 is 9.69 Å². The standard InChI is InChI=1S/C13H17NO/c1-10(2)14-8-6-12-11(7-9-15)4-3-5-13(12)14/h3-5,9-10H,6-8H2,1-2H3. The van der Waals surface area contributed by atoms with Gasteiger partial charge >= 0.3 is 0 Å². The molecule has 1 heterocycles. The lowest BCUT2D eigenvalue weighted by Crippen LogP contribution is -2.28. The molecule has 0 amide bonds. The summed E-state index contributed by atoms with van der Waals surface area (Å²) >= 11 is 0. The second-order valence-corrected chi connectivity index (χ2v) is 4.32. The Kier molecular flexibility index (Phi) is 2.76. The summed E-state index contributed by atoms with van der Waals surface area (Å²) in [5, 5.41) is 0. The zero-order valence-corrected chi connectivity index (χ0v) is 9.36. The van der Waals surface area contributed by atoms with Gasteiger partial charge in [-0.2, -0.15) is 0 Å². The number of hydrogen-bond acceptors (Lipinski definition) is 2. The maximum absolute atomic E-state index is 10.6. The molecule has 80 valence electrons. The summed E-state index contributed by atoms with van der Waals surface area (Å²) in [7, 11) is 0. The van der Waals surface area contributed by atoms with Gasteiger partial charge in [-0.25, -0.2) is 0 Å². The maximum atomic E-state index is 10.6. The molecule has 0 spiro atoms. The topological polar surface area (TPSA) is 20.3 Å². The van der Waals surface area contributed by atoms with Gasteiger partial charge in [-0.1, -0.05) is 12.1 Å². The zero-order chi connectivity index (χ0) is 10.8. The van der Waals surface area contributed by atoms with Crippen molar-refractivity contribution in [3.8, 4) is 0 Å². The normalized spacial score (nSPS) is 14.5. The van der Waals surface area contributed by atoms with Crippen molar-refractivity contribution in [2.45, 2.75) is 32.7 Å². The molecular weight excluding hydrogens is 186 g/mol. The van der Waals surface area contributed by atoms with Gasteiger partial charge in [-0.3, -0.25) is 0 Å². The highest BCUT2D eigenvalue weighted by atomic mass is 16.1. The van der Waals surface area contributed by atoms with E-state index in [-0.39, 0.29) is 0 Å². The fraction of sp³-hybridized carbons (Fsp3) is 0.462. The number of nitrogens with zero attached hydrogens (tertiary/aromatic N) is 1. The van der Waals surface area contributed by atoms with Gasteiger partial charge in [0.1, 0.15) is 6.29 Å². The van der Waals surface area contributed by atoms with Crippen molar-refractivity contribution in [2.24, 2.45) is 0 Å². The van der Waals surface area contributed by atoms with Crippen LogP contribution in [-0.2, 0) is 17.6 Å². The van der Waals surface area contributed by atoms with E-state index in [1.54, 1.807) is 0 Å². The van der Waals surface area contributed by atoms with E-state index >= 15 is 0 Å². The van der Waals surface area contributed by atoms with E-state index in [0.717, 1.165) is 19.3 Å². The second kappa shape index (κ2) is 4.05. The number of benzene rings is 1. The van der Waals surface area contributed by atoms with E-state index in [4.69, 9.17) is 0 Å². The summed E-state index contributed by atoms with van der Waals surface area (Å²) in [6.07, 6.45) is 2.63. The summed E-state index contributed by atoms with van der Waals surface area (Å²) in [5.74, 6) is 0. The van der Waals surface area contributed by atoms with Crippen LogP contribution < -0.4 is 4.90 Å².